The molecule has 0 fully saturated rings. The Labute approximate surface area is 187 Å². The SMILES string of the molecule is CCCOc1ccc(CN(CCC)C(=O)c2csc(-c3ncccn3)n2)cc1OCC. The minimum Gasteiger partial charge on any atom is -0.490 e. The fraction of sp³-hybridized carbons (Fsp3) is 0.391. The number of nitrogens with zero attached hydrogens (tertiary/aromatic N) is 4. The molecule has 0 saturated carbocycles. The summed E-state index contributed by atoms with van der Waals surface area (Å²) in [6.45, 7) is 8.35. The summed E-state index contributed by atoms with van der Waals surface area (Å²) < 4.78 is 11.5. The Bertz CT molecular complexity index is 978. The molecule has 0 N–H and O–H groups in total. The average molecular weight is 441 g/mol. The predicted molar refractivity (Wildman–Crippen MR) is 122 cm³/mol. The fourth-order valence-corrected chi connectivity index (χ4v) is 3.78. The minimum atomic E-state index is -0.107. The van der Waals surface area contributed by atoms with E-state index in [-0.39, 0.29) is 5.91 Å². The third-order valence-electron chi connectivity index (χ3n) is 4.40. The lowest BCUT2D eigenvalue weighted by atomic mass is 10.1. The molecule has 0 radical (unpaired) electrons. The van der Waals surface area contributed by atoms with E-state index in [1.165, 1.54) is 11.3 Å². The van der Waals surface area contributed by atoms with Gasteiger partial charge in [0.2, 0.25) is 0 Å². The van der Waals surface area contributed by atoms with Gasteiger partial charge >= 0.3 is 0 Å². The second-order valence-electron chi connectivity index (χ2n) is 6.90. The molecule has 2 heterocycles. The van der Waals surface area contributed by atoms with E-state index in [4.69, 9.17) is 9.47 Å². The van der Waals surface area contributed by atoms with Crippen molar-refractivity contribution < 1.29 is 14.3 Å². The van der Waals surface area contributed by atoms with Crippen LogP contribution in [0, 0.1) is 0 Å². The molecular weight excluding hydrogens is 412 g/mol. The molecule has 0 spiro atoms. The predicted octanol–water partition coefficient (Wildman–Crippen LogP) is 4.84. The normalized spacial score (nSPS) is 10.7. The van der Waals surface area contributed by atoms with E-state index in [0.717, 1.165) is 24.2 Å². The third-order valence-corrected chi connectivity index (χ3v) is 5.24. The Morgan fingerprint density at radius 3 is 2.58 bits per heavy atom. The van der Waals surface area contributed by atoms with Gasteiger partial charge in [-0.1, -0.05) is 19.9 Å². The fourth-order valence-electron chi connectivity index (χ4n) is 3.04. The molecule has 0 aliphatic heterocycles. The zero-order valence-electron chi connectivity index (χ0n) is 18.2. The Kier molecular flexibility index (Phi) is 8.35. The third kappa shape index (κ3) is 6.01. The van der Waals surface area contributed by atoms with Crippen LogP contribution in [0.2, 0.25) is 0 Å². The van der Waals surface area contributed by atoms with E-state index in [1.54, 1.807) is 23.8 Å². The van der Waals surface area contributed by atoms with E-state index < -0.39 is 0 Å². The highest BCUT2D eigenvalue weighted by molar-refractivity contribution is 7.13. The van der Waals surface area contributed by atoms with Crippen molar-refractivity contribution in [2.75, 3.05) is 19.8 Å². The van der Waals surface area contributed by atoms with Crippen LogP contribution in [0.3, 0.4) is 0 Å². The van der Waals surface area contributed by atoms with Crippen molar-refractivity contribution in [1.82, 2.24) is 19.9 Å². The van der Waals surface area contributed by atoms with E-state index in [0.29, 0.717) is 48.6 Å². The summed E-state index contributed by atoms with van der Waals surface area (Å²) in [5.41, 5.74) is 1.39. The van der Waals surface area contributed by atoms with E-state index in [9.17, 15) is 4.79 Å². The number of aromatic nitrogens is 3. The van der Waals surface area contributed by atoms with Crippen molar-refractivity contribution >= 4 is 17.2 Å². The van der Waals surface area contributed by atoms with Crippen LogP contribution in [0.4, 0.5) is 0 Å². The summed E-state index contributed by atoms with van der Waals surface area (Å²) in [6.07, 6.45) is 5.10. The number of benzene rings is 1. The lowest BCUT2D eigenvalue weighted by Crippen LogP contribution is -2.31. The zero-order valence-corrected chi connectivity index (χ0v) is 19.0. The molecule has 0 saturated heterocycles. The summed E-state index contributed by atoms with van der Waals surface area (Å²) in [6, 6.07) is 7.60. The summed E-state index contributed by atoms with van der Waals surface area (Å²) in [5.74, 6) is 1.85. The first-order chi connectivity index (χ1) is 15.2. The highest BCUT2D eigenvalue weighted by Gasteiger charge is 2.20. The molecule has 7 nitrogen and oxygen atoms in total. The summed E-state index contributed by atoms with van der Waals surface area (Å²) >= 11 is 1.37. The number of thiazole rings is 1. The van der Waals surface area contributed by atoms with E-state index >= 15 is 0 Å². The summed E-state index contributed by atoms with van der Waals surface area (Å²) in [7, 11) is 0. The van der Waals surface area contributed by atoms with Crippen molar-refractivity contribution in [1.29, 1.82) is 0 Å². The lowest BCUT2D eigenvalue weighted by molar-refractivity contribution is 0.0738. The Hall–Kier alpha value is -3.00. The standard InChI is InChI=1S/C23H28N4O3S/c1-4-12-27(15-17-8-9-19(30-13-5-2)20(14-17)29-6-3)23(28)18-16-31-22(26-18)21-24-10-7-11-25-21/h7-11,14,16H,4-6,12-13,15H2,1-3H3. The number of amides is 1. The number of ether oxygens (including phenoxy) is 2. The van der Waals surface area contributed by atoms with Gasteiger partial charge in [-0.2, -0.15) is 0 Å². The molecule has 0 bridgehead atoms. The molecule has 0 aliphatic rings. The van der Waals surface area contributed by atoms with Crippen LogP contribution < -0.4 is 9.47 Å². The first-order valence-corrected chi connectivity index (χ1v) is 11.4. The van der Waals surface area contributed by atoms with Gasteiger partial charge in [0, 0.05) is 30.9 Å². The van der Waals surface area contributed by atoms with Gasteiger partial charge in [0.05, 0.1) is 13.2 Å². The van der Waals surface area contributed by atoms with Crippen molar-refractivity contribution in [3.05, 3.63) is 53.3 Å². The smallest absolute Gasteiger partial charge is 0.273 e. The monoisotopic (exact) mass is 440 g/mol. The van der Waals surface area contributed by atoms with E-state index in [2.05, 4.69) is 28.8 Å². The van der Waals surface area contributed by atoms with Crippen molar-refractivity contribution in [3.8, 4) is 22.3 Å². The van der Waals surface area contributed by atoms with Gasteiger partial charge in [-0.15, -0.1) is 11.3 Å². The Morgan fingerprint density at radius 2 is 1.87 bits per heavy atom. The number of carbonyl (C=O) groups excluding carboxylic acids is 1. The Balaban J connectivity index is 1.78. The van der Waals surface area contributed by atoms with Crippen LogP contribution in [-0.4, -0.2) is 45.5 Å². The van der Waals surface area contributed by atoms with Crippen molar-refractivity contribution in [3.63, 3.8) is 0 Å². The lowest BCUT2D eigenvalue weighted by Gasteiger charge is -2.22. The van der Waals surface area contributed by atoms with Gasteiger partial charge < -0.3 is 14.4 Å². The second kappa shape index (κ2) is 11.4. The Morgan fingerprint density at radius 1 is 1.06 bits per heavy atom. The number of carbonyl (C=O) groups is 1. The maximum absolute atomic E-state index is 13.2. The van der Waals surface area contributed by atoms with Crippen LogP contribution in [0.1, 0.15) is 49.7 Å². The molecule has 31 heavy (non-hydrogen) atoms. The first-order valence-electron chi connectivity index (χ1n) is 10.6. The molecule has 164 valence electrons. The van der Waals surface area contributed by atoms with E-state index in [1.807, 2.05) is 30.0 Å². The molecule has 1 amide bonds. The summed E-state index contributed by atoms with van der Waals surface area (Å²) in [4.78, 5) is 27.9. The van der Waals surface area contributed by atoms with Crippen LogP contribution >= 0.6 is 11.3 Å². The van der Waals surface area contributed by atoms with Gasteiger partial charge in [-0.25, -0.2) is 15.0 Å². The van der Waals surface area contributed by atoms with Crippen LogP contribution in [0.5, 0.6) is 11.5 Å². The molecule has 8 heteroatoms. The van der Waals surface area contributed by atoms with Crippen LogP contribution in [0.25, 0.3) is 10.8 Å². The molecule has 3 rings (SSSR count). The maximum Gasteiger partial charge on any atom is 0.273 e. The van der Waals surface area contributed by atoms with Crippen LogP contribution in [0.15, 0.2) is 42.0 Å². The van der Waals surface area contributed by atoms with Gasteiger partial charge in [0.15, 0.2) is 22.3 Å². The molecule has 0 aliphatic carbocycles. The quantitative estimate of drug-likeness (QED) is 0.425. The molecule has 0 unspecified atom stereocenters. The molecule has 0 atom stereocenters. The average Bonchev–Trinajstić information content (AvgIpc) is 3.29. The van der Waals surface area contributed by atoms with Gasteiger partial charge in [-0.05, 0) is 43.5 Å². The highest BCUT2D eigenvalue weighted by atomic mass is 32.1. The van der Waals surface area contributed by atoms with Gasteiger partial charge in [0.1, 0.15) is 5.69 Å². The number of hydrogen-bond acceptors (Lipinski definition) is 7. The molecule has 3 aromatic rings. The molecule has 2 aromatic heterocycles. The highest BCUT2D eigenvalue weighted by Crippen LogP contribution is 2.29. The topological polar surface area (TPSA) is 77.4 Å². The number of hydrogen-bond donors (Lipinski definition) is 0. The largest absolute Gasteiger partial charge is 0.490 e. The minimum absolute atomic E-state index is 0.107. The first kappa shape index (κ1) is 22.7. The maximum atomic E-state index is 13.2. The van der Waals surface area contributed by atoms with Gasteiger partial charge in [0.25, 0.3) is 5.91 Å². The summed E-state index contributed by atoms with van der Waals surface area (Å²) in [5, 5.41) is 2.40. The van der Waals surface area contributed by atoms with Crippen molar-refractivity contribution in [2.24, 2.45) is 0 Å². The van der Waals surface area contributed by atoms with Crippen molar-refractivity contribution in [2.45, 2.75) is 40.2 Å². The number of rotatable bonds is 11. The zero-order chi connectivity index (χ0) is 22.1. The molecular formula is C23H28N4O3S. The molecule has 1 aromatic carbocycles. The second-order valence-corrected chi connectivity index (χ2v) is 7.76. The van der Waals surface area contributed by atoms with Gasteiger partial charge in [-0.3, -0.25) is 4.79 Å². The van der Waals surface area contributed by atoms with Crippen LogP contribution in [-0.2, 0) is 6.54 Å².